The Bertz CT molecular complexity index is 461. The van der Waals surface area contributed by atoms with Crippen molar-refractivity contribution in [2.24, 2.45) is 0 Å². The number of carbonyl (C=O) groups is 1. The summed E-state index contributed by atoms with van der Waals surface area (Å²) in [7, 11) is 4.04. The number of hydrogen-bond acceptors (Lipinski definition) is 4. The van der Waals surface area contributed by atoms with Crippen LogP contribution in [0.4, 0.5) is 0 Å². The lowest BCUT2D eigenvalue weighted by Crippen LogP contribution is -2.57. The van der Waals surface area contributed by atoms with Crippen LogP contribution >= 0.6 is 0 Å². The van der Waals surface area contributed by atoms with Crippen molar-refractivity contribution in [1.82, 2.24) is 10.2 Å². The molecular formula is C14H20N2O3. The number of likely N-dealkylation sites (N-methyl/N-ethyl adjacent to an activating group) is 1. The highest BCUT2D eigenvalue weighted by molar-refractivity contribution is 5.95. The number of carbonyl (C=O) groups excluding carboxylic acids is 1. The van der Waals surface area contributed by atoms with Gasteiger partial charge in [-0.1, -0.05) is 0 Å². The molecule has 0 bridgehead atoms. The van der Waals surface area contributed by atoms with E-state index in [4.69, 9.17) is 0 Å². The van der Waals surface area contributed by atoms with Gasteiger partial charge in [-0.15, -0.1) is 0 Å². The van der Waals surface area contributed by atoms with E-state index in [1.54, 1.807) is 0 Å². The van der Waals surface area contributed by atoms with Gasteiger partial charge in [0.2, 0.25) is 0 Å². The Morgan fingerprint density at radius 1 is 1.26 bits per heavy atom. The fraction of sp³-hybridized carbons (Fsp3) is 0.500. The Kier molecular flexibility index (Phi) is 3.66. The Morgan fingerprint density at radius 2 is 1.84 bits per heavy atom. The molecule has 0 aromatic heterocycles. The van der Waals surface area contributed by atoms with Gasteiger partial charge >= 0.3 is 0 Å². The number of rotatable bonds is 4. The minimum absolute atomic E-state index is 0.0501. The van der Waals surface area contributed by atoms with Crippen LogP contribution in [-0.2, 0) is 0 Å². The van der Waals surface area contributed by atoms with Gasteiger partial charge in [0.15, 0.2) is 0 Å². The van der Waals surface area contributed by atoms with Gasteiger partial charge in [0.25, 0.3) is 5.91 Å². The number of hydrogen-bond donors (Lipinski definition) is 3. The van der Waals surface area contributed by atoms with Gasteiger partial charge < -0.3 is 20.4 Å². The van der Waals surface area contributed by atoms with E-state index in [0.29, 0.717) is 6.54 Å². The molecule has 5 nitrogen and oxygen atoms in total. The quantitative estimate of drug-likeness (QED) is 0.766. The third kappa shape index (κ3) is 2.81. The van der Waals surface area contributed by atoms with Crippen LogP contribution in [0.25, 0.3) is 0 Å². The van der Waals surface area contributed by atoms with Crippen molar-refractivity contribution in [3.63, 3.8) is 0 Å². The molecule has 0 unspecified atom stereocenters. The van der Waals surface area contributed by atoms with Crippen molar-refractivity contribution in [3.8, 4) is 11.5 Å². The predicted molar refractivity (Wildman–Crippen MR) is 72.4 cm³/mol. The van der Waals surface area contributed by atoms with E-state index >= 15 is 0 Å². The summed E-state index contributed by atoms with van der Waals surface area (Å²) in [5.41, 5.74) is 0.319. The van der Waals surface area contributed by atoms with Crippen molar-refractivity contribution in [1.29, 1.82) is 0 Å². The molecule has 1 aromatic rings. The molecule has 1 amide bonds. The maximum absolute atomic E-state index is 12.0. The minimum Gasteiger partial charge on any atom is -0.508 e. The summed E-state index contributed by atoms with van der Waals surface area (Å²) in [5.74, 6) is -0.508. The van der Waals surface area contributed by atoms with Gasteiger partial charge in [0.05, 0.1) is 0 Å². The molecule has 5 heteroatoms. The van der Waals surface area contributed by atoms with Crippen LogP contribution in [0.1, 0.15) is 29.6 Å². The Labute approximate surface area is 112 Å². The number of amides is 1. The fourth-order valence-electron chi connectivity index (χ4n) is 2.44. The molecule has 1 fully saturated rings. The lowest BCUT2D eigenvalue weighted by Gasteiger charge is -2.47. The van der Waals surface area contributed by atoms with Gasteiger partial charge in [-0.2, -0.15) is 0 Å². The van der Waals surface area contributed by atoms with E-state index in [-0.39, 0.29) is 28.5 Å². The van der Waals surface area contributed by atoms with Crippen LogP contribution in [-0.4, -0.2) is 47.2 Å². The molecule has 1 aliphatic carbocycles. The molecule has 3 N–H and O–H groups in total. The Morgan fingerprint density at radius 3 is 2.26 bits per heavy atom. The molecule has 0 atom stereocenters. The SMILES string of the molecule is CN(C)C1(CNC(=O)c2cc(O)cc(O)c2)CCC1. The highest BCUT2D eigenvalue weighted by Gasteiger charge is 2.39. The average molecular weight is 264 g/mol. The predicted octanol–water partition coefficient (Wildman–Crippen LogP) is 1.31. The van der Waals surface area contributed by atoms with Crippen molar-refractivity contribution >= 4 is 5.91 Å². The monoisotopic (exact) mass is 264 g/mol. The van der Waals surface area contributed by atoms with E-state index in [0.717, 1.165) is 12.8 Å². The average Bonchev–Trinajstić information content (AvgIpc) is 2.25. The number of phenolic OH excluding ortho intramolecular Hbond substituents is 2. The zero-order valence-corrected chi connectivity index (χ0v) is 11.3. The summed E-state index contributed by atoms with van der Waals surface area (Å²) in [5, 5.41) is 21.6. The first-order valence-corrected chi connectivity index (χ1v) is 6.42. The lowest BCUT2D eigenvalue weighted by atomic mass is 9.75. The molecule has 104 valence electrons. The molecule has 19 heavy (non-hydrogen) atoms. The van der Waals surface area contributed by atoms with Crippen LogP contribution < -0.4 is 5.32 Å². The smallest absolute Gasteiger partial charge is 0.251 e. The molecule has 0 spiro atoms. The second-order valence-electron chi connectivity index (χ2n) is 5.39. The second kappa shape index (κ2) is 5.09. The highest BCUT2D eigenvalue weighted by atomic mass is 16.3. The maximum atomic E-state index is 12.0. The van der Waals surface area contributed by atoms with Crippen LogP contribution in [0.15, 0.2) is 18.2 Å². The van der Waals surface area contributed by atoms with Gasteiger partial charge in [-0.25, -0.2) is 0 Å². The van der Waals surface area contributed by atoms with Gasteiger partial charge in [0.1, 0.15) is 11.5 Å². The second-order valence-corrected chi connectivity index (χ2v) is 5.39. The van der Waals surface area contributed by atoms with E-state index in [2.05, 4.69) is 10.2 Å². The van der Waals surface area contributed by atoms with Crippen LogP contribution in [0.3, 0.4) is 0 Å². The lowest BCUT2D eigenvalue weighted by molar-refractivity contribution is 0.0557. The fourth-order valence-corrected chi connectivity index (χ4v) is 2.44. The van der Waals surface area contributed by atoms with Gasteiger partial charge in [-0.3, -0.25) is 4.79 Å². The zero-order valence-electron chi connectivity index (χ0n) is 11.3. The topological polar surface area (TPSA) is 72.8 Å². The molecule has 1 saturated carbocycles. The van der Waals surface area contributed by atoms with Crippen molar-refractivity contribution < 1.29 is 15.0 Å². The molecule has 0 aliphatic heterocycles. The third-order valence-corrected chi connectivity index (χ3v) is 3.98. The number of aromatic hydroxyl groups is 2. The number of nitrogens with zero attached hydrogens (tertiary/aromatic N) is 1. The summed E-state index contributed by atoms with van der Waals surface area (Å²) in [6.07, 6.45) is 3.33. The first kappa shape index (κ1) is 13.7. The van der Waals surface area contributed by atoms with Crippen LogP contribution in [0, 0.1) is 0 Å². The summed E-state index contributed by atoms with van der Waals surface area (Å²) in [4.78, 5) is 14.2. The zero-order chi connectivity index (χ0) is 14.0. The number of benzene rings is 1. The summed E-state index contributed by atoms with van der Waals surface area (Å²) >= 11 is 0. The summed E-state index contributed by atoms with van der Waals surface area (Å²) < 4.78 is 0. The molecule has 0 heterocycles. The standard InChI is InChI=1S/C14H20N2O3/c1-16(2)14(4-3-5-14)9-15-13(19)10-6-11(17)8-12(18)7-10/h6-8,17-18H,3-5,9H2,1-2H3,(H,15,19). The summed E-state index contributed by atoms with van der Waals surface area (Å²) in [6, 6.07) is 3.89. The number of phenols is 2. The van der Waals surface area contributed by atoms with Crippen LogP contribution in [0.5, 0.6) is 11.5 Å². The van der Waals surface area contributed by atoms with E-state index < -0.39 is 0 Å². The molecule has 0 radical (unpaired) electrons. The maximum Gasteiger partial charge on any atom is 0.251 e. The molecule has 1 aliphatic rings. The largest absolute Gasteiger partial charge is 0.508 e. The highest BCUT2D eigenvalue weighted by Crippen LogP contribution is 2.35. The Hall–Kier alpha value is -1.75. The molecule has 0 saturated heterocycles. The van der Waals surface area contributed by atoms with Crippen molar-refractivity contribution in [3.05, 3.63) is 23.8 Å². The van der Waals surface area contributed by atoms with E-state index in [1.807, 2.05) is 14.1 Å². The molecule has 1 aromatic carbocycles. The number of nitrogens with one attached hydrogen (secondary N) is 1. The van der Waals surface area contributed by atoms with E-state index in [1.165, 1.54) is 24.6 Å². The summed E-state index contributed by atoms with van der Waals surface area (Å²) in [6.45, 7) is 0.579. The first-order chi connectivity index (χ1) is 8.93. The van der Waals surface area contributed by atoms with Crippen LogP contribution in [0.2, 0.25) is 0 Å². The third-order valence-electron chi connectivity index (χ3n) is 3.98. The van der Waals surface area contributed by atoms with Gasteiger partial charge in [-0.05, 0) is 45.5 Å². The first-order valence-electron chi connectivity index (χ1n) is 6.42. The van der Waals surface area contributed by atoms with E-state index in [9.17, 15) is 15.0 Å². The Balaban J connectivity index is 2.01. The molecular weight excluding hydrogens is 244 g/mol. The van der Waals surface area contributed by atoms with Crippen molar-refractivity contribution in [2.45, 2.75) is 24.8 Å². The normalized spacial score (nSPS) is 17.0. The minimum atomic E-state index is -0.278. The van der Waals surface area contributed by atoms with Gasteiger partial charge in [0, 0.05) is 23.7 Å². The molecule has 2 rings (SSSR count). The van der Waals surface area contributed by atoms with Crippen molar-refractivity contribution in [2.75, 3.05) is 20.6 Å².